The maximum Gasteiger partial charge on any atom is 0.416 e. The monoisotopic (exact) mass is 480 g/mol. The van der Waals surface area contributed by atoms with E-state index in [-0.39, 0.29) is 5.91 Å². The summed E-state index contributed by atoms with van der Waals surface area (Å²) in [5.41, 5.74) is 3.78. The Kier molecular flexibility index (Phi) is 7.91. The first kappa shape index (κ1) is 25.0. The first-order valence-electron chi connectivity index (χ1n) is 12.2. The fourth-order valence-electron chi connectivity index (χ4n) is 4.57. The van der Waals surface area contributed by atoms with Crippen molar-refractivity contribution in [3.8, 4) is 11.1 Å². The van der Waals surface area contributed by atoms with Crippen LogP contribution in [0.25, 0.3) is 11.1 Å². The summed E-state index contributed by atoms with van der Waals surface area (Å²) in [6.45, 7) is 5.13. The summed E-state index contributed by atoms with van der Waals surface area (Å²) in [4.78, 5) is 15.1. The van der Waals surface area contributed by atoms with E-state index in [0.717, 1.165) is 24.1 Å². The maximum absolute atomic E-state index is 12.7. The Morgan fingerprint density at radius 3 is 2.00 bits per heavy atom. The number of carbonyl (C=O) groups excluding carboxylic acids is 1. The molecule has 3 aromatic rings. The van der Waals surface area contributed by atoms with Gasteiger partial charge in [-0.25, -0.2) is 0 Å². The predicted molar refractivity (Wildman–Crippen MR) is 133 cm³/mol. The minimum absolute atomic E-state index is 0.167. The van der Waals surface area contributed by atoms with Gasteiger partial charge in [-0.2, -0.15) is 13.2 Å². The first-order valence-corrected chi connectivity index (χ1v) is 12.2. The van der Waals surface area contributed by atoms with Crippen LogP contribution < -0.4 is 5.32 Å². The molecule has 0 saturated carbocycles. The summed E-state index contributed by atoms with van der Waals surface area (Å²) >= 11 is 0. The van der Waals surface area contributed by atoms with Crippen molar-refractivity contribution in [3.05, 3.63) is 95.1 Å². The molecule has 35 heavy (non-hydrogen) atoms. The zero-order chi connectivity index (χ0) is 24.8. The highest BCUT2D eigenvalue weighted by Crippen LogP contribution is 2.31. The second-order valence-corrected chi connectivity index (χ2v) is 9.17. The van der Waals surface area contributed by atoms with Crippen molar-refractivity contribution < 1.29 is 18.0 Å². The van der Waals surface area contributed by atoms with Crippen molar-refractivity contribution in [2.75, 3.05) is 19.6 Å². The van der Waals surface area contributed by atoms with Crippen LogP contribution in [0.3, 0.4) is 0 Å². The van der Waals surface area contributed by atoms with Crippen molar-refractivity contribution in [2.24, 2.45) is 0 Å². The van der Waals surface area contributed by atoms with E-state index in [1.54, 1.807) is 24.3 Å². The van der Waals surface area contributed by atoms with Crippen LogP contribution in [0.1, 0.15) is 59.3 Å². The SMILES string of the molecule is CC(c1ccc(CCNC(=O)c2ccc(-c3ccc(C(F)(F)F)cc3)cc2)cc1)N1CCCCC1. The second-order valence-electron chi connectivity index (χ2n) is 9.17. The average molecular weight is 481 g/mol. The Morgan fingerprint density at radius 2 is 1.43 bits per heavy atom. The van der Waals surface area contributed by atoms with Crippen molar-refractivity contribution >= 4 is 5.91 Å². The lowest BCUT2D eigenvalue weighted by Crippen LogP contribution is -2.32. The molecule has 6 heteroatoms. The van der Waals surface area contributed by atoms with E-state index in [1.807, 2.05) is 0 Å². The van der Waals surface area contributed by atoms with Crippen LogP contribution in [0.5, 0.6) is 0 Å². The number of carbonyl (C=O) groups is 1. The molecule has 3 nitrogen and oxygen atoms in total. The van der Waals surface area contributed by atoms with Gasteiger partial charge in [-0.3, -0.25) is 9.69 Å². The molecule has 1 atom stereocenters. The molecule has 1 fully saturated rings. The first-order chi connectivity index (χ1) is 16.8. The number of amides is 1. The van der Waals surface area contributed by atoms with Crippen molar-refractivity contribution in [3.63, 3.8) is 0 Å². The predicted octanol–water partition coefficient (Wildman–Crippen LogP) is 6.89. The van der Waals surface area contributed by atoms with E-state index < -0.39 is 11.7 Å². The fourth-order valence-corrected chi connectivity index (χ4v) is 4.57. The molecule has 0 aromatic heterocycles. The number of hydrogen-bond acceptors (Lipinski definition) is 2. The quantitative estimate of drug-likeness (QED) is 0.399. The molecule has 0 radical (unpaired) electrons. The van der Waals surface area contributed by atoms with Crippen LogP contribution in [-0.2, 0) is 12.6 Å². The smallest absolute Gasteiger partial charge is 0.352 e. The van der Waals surface area contributed by atoms with E-state index in [0.29, 0.717) is 23.7 Å². The van der Waals surface area contributed by atoms with Crippen LogP contribution in [-0.4, -0.2) is 30.4 Å². The summed E-state index contributed by atoms with van der Waals surface area (Å²) in [6.07, 6.45) is 0.277. The van der Waals surface area contributed by atoms with Crippen LogP contribution in [0.2, 0.25) is 0 Å². The summed E-state index contributed by atoms with van der Waals surface area (Å²) < 4.78 is 38.2. The third-order valence-corrected chi connectivity index (χ3v) is 6.79. The van der Waals surface area contributed by atoms with Gasteiger partial charge in [0.25, 0.3) is 5.91 Å². The van der Waals surface area contributed by atoms with Gasteiger partial charge in [0.05, 0.1) is 5.56 Å². The molecular formula is C29H31F3N2O. The summed E-state index contributed by atoms with van der Waals surface area (Å²) in [6, 6.07) is 21.0. The molecule has 1 N–H and O–H groups in total. The van der Waals surface area contributed by atoms with E-state index >= 15 is 0 Å². The lowest BCUT2D eigenvalue weighted by Gasteiger charge is -2.32. The molecule has 1 aliphatic rings. The number of benzene rings is 3. The minimum atomic E-state index is -4.35. The van der Waals surface area contributed by atoms with E-state index in [1.165, 1.54) is 55.6 Å². The molecule has 0 spiro atoms. The van der Waals surface area contributed by atoms with Crippen molar-refractivity contribution in [2.45, 2.75) is 44.8 Å². The summed E-state index contributed by atoms with van der Waals surface area (Å²) in [5.74, 6) is -0.167. The third kappa shape index (κ3) is 6.51. The molecule has 1 saturated heterocycles. The molecule has 0 bridgehead atoms. The lowest BCUT2D eigenvalue weighted by atomic mass is 10.0. The molecule has 0 aliphatic carbocycles. The zero-order valence-electron chi connectivity index (χ0n) is 19.9. The number of alkyl halides is 3. The standard InChI is InChI=1S/C29H31F3N2O/c1-21(34-19-3-2-4-20-34)23-7-5-22(6-8-23)17-18-33-28(35)26-11-9-24(10-12-26)25-13-15-27(16-14-25)29(30,31)32/h5-16,21H,2-4,17-20H2,1H3,(H,33,35). The molecular weight excluding hydrogens is 449 g/mol. The number of nitrogens with zero attached hydrogens (tertiary/aromatic N) is 1. The molecule has 4 rings (SSSR count). The molecule has 1 amide bonds. The summed E-state index contributed by atoms with van der Waals surface area (Å²) in [5, 5.41) is 2.95. The Hall–Kier alpha value is -3.12. The Balaban J connectivity index is 1.27. The average Bonchev–Trinajstić information content (AvgIpc) is 2.89. The number of likely N-dealkylation sites (tertiary alicyclic amines) is 1. The largest absolute Gasteiger partial charge is 0.416 e. The van der Waals surface area contributed by atoms with E-state index in [4.69, 9.17) is 0 Å². The van der Waals surface area contributed by atoms with Gasteiger partial charge in [-0.1, -0.05) is 55.0 Å². The highest BCUT2D eigenvalue weighted by atomic mass is 19.4. The molecule has 1 unspecified atom stereocenters. The minimum Gasteiger partial charge on any atom is -0.352 e. The van der Waals surface area contributed by atoms with Gasteiger partial charge in [0.15, 0.2) is 0 Å². The van der Waals surface area contributed by atoms with Crippen LogP contribution in [0.15, 0.2) is 72.8 Å². The van der Waals surface area contributed by atoms with E-state index in [9.17, 15) is 18.0 Å². The number of nitrogens with one attached hydrogen (secondary N) is 1. The number of piperidine rings is 1. The summed E-state index contributed by atoms with van der Waals surface area (Å²) in [7, 11) is 0. The fraction of sp³-hybridized carbons (Fsp3) is 0.345. The highest BCUT2D eigenvalue weighted by Gasteiger charge is 2.30. The van der Waals surface area contributed by atoms with E-state index in [2.05, 4.69) is 41.4 Å². The molecule has 184 valence electrons. The number of hydrogen-bond donors (Lipinski definition) is 1. The third-order valence-electron chi connectivity index (χ3n) is 6.79. The maximum atomic E-state index is 12.7. The van der Waals surface area contributed by atoms with Gasteiger partial charge in [-0.05, 0) is 85.8 Å². The molecule has 3 aromatic carbocycles. The molecule has 1 heterocycles. The molecule has 1 aliphatic heterocycles. The number of halogens is 3. The van der Waals surface area contributed by atoms with Crippen molar-refractivity contribution in [1.29, 1.82) is 0 Å². The number of rotatable bonds is 7. The Bertz CT molecular complexity index is 1100. The van der Waals surface area contributed by atoms with Gasteiger partial charge in [0.2, 0.25) is 0 Å². The van der Waals surface area contributed by atoms with Crippen LogP contribution in [0, 0.1) is 0 Å². The van der Waals surface area contributed by atoms with Crippen LogP contribution in [0.4, 0.5) is 13.2 Å². The normalized spacial score (nSPS) is 15.5. The highest BCUT2D eigenvalue weighted by molar-refractivity contribution is 5.94. The van der Waals surface area contributed by atoms with Gasteiger partial charge < -0.3 is 5.32 Å². The van der Waals surface area contributed by atoms with Crippen LogP contribution >= 0.6 is 0 Å². The zero-order valence-corrected chi connectivity index (χ0v) is 19.9. The topological polar surface area (TPSA) is 32.3 Å². The van der Waals surface area contributed by atoms with Gasteiger partial charge in [-0.15, -0.1) is 0 Å². The van der Waals surface area contributed by atoms with Gasteiger partial charge in [0, 0.05) is 18.2 Å². The van der Waals surface area contributed by atoms with Gasteiger partial charge >= 0.3 is 6.18 Å². The Morgan fingerprint density at radius 1 is 0.857 bits per heavy atom. The van der Waals surface area contributed by atoms with Gasteiger partial charge in [0.1, 0.15) is 0 Å². The lowest BCUT2D eigenvalue weighted by molar-refractivity contribution is -0.137. The Labute approximate surface area is 205 Å². The second kappa shape index (κ2) is 11.1. The van der Waals surface area contributed by atoms with Crippen molar-refractivity contribution in [1.82, 2.24) is 10.2 Å².